The largest absolute Gasteiger partial charge is 0.472 e. The first-order chi connectivity index (χ1) is 27.0. The molecular weight excluding hydrogens is 719 g/mol. The molecule has 0 aromatic rings. The number of hydrogen-bond donors (Lipinski definition) is 3. The topological polar surface area (TPSA) is 105 Å². The maximum Gasteiger partial charge on any atom is 0.472 e. The molecule has 0 saturated heterocycles. The van der Waals surface area contributed by atoms with Crippen molar-refractivity contribution in [2.45, 2.75) is 244 Å². The molecule has 0 aliphatic carbocycles. The number of carbonyl (C=O) groups is 1. The van der Waals surface area contributed by atoms with E-state index in [1.807, 2.05) is 34.1 Å². The van der Waals surface area contributed by atoms with Gasteiger partial charge in [-0.05, 0) is 12.8 Å². The van der Waals surface area contributed by atoms with Gasteiger partial charge >= 0.3 is 7.82 Å². The normalized spacial score (nSPS) is 14.3. The lowest BCUT2D eigenvalue weighted by molar-refractivity contribution is -0.870. The van der Waals surface area contributed by atoms with Crippen LogP contribution in [-0.2, 0) is 18.4 Å². The highest BCUT2D eigenvalue weighted by Crippen LogP contribution is 2.43. The Kier molecular flexibility index (Phi) is 39.1. The Hall–Kier alpha value is -0.760. The van der Waals surface area contributed by atoms with Crippen LogP contribution < -0.4 is 5.32 Å². The standard InChI is InChI=1S/C47H95N2O6P/c1-6-8-10-11-12-13-14-15-16-17-18-19-20-21-22-23-24-25-26-27-28-29-30-31-32-33-34-35-36-37-39-41-47(51)48-45(46(50)40-38-9-7-2)44-55-56(52,53)54-43-42-49(3,4)5/h38,40,45-46,50H,6-37,39,41-44H2,1-5H3,(H-,48,51,52,53)/p+1/b40-38+. The van der Waals surface area contributed by atoms with Crippen molar-refractivity contribution in [3.05, 3.63) is 12.2 Å². The monoisotopic (exact) mass is 816 g/mol. The summed E-state index contributed by atoms with van der Waals surface area (Å²) in [6, 6.07) is -0.837. The summed E-state index contributed by atoms with van der Waals surface area (Å²) in [7, 11) is 1.57. The molecule has 3 atom stereocenters. The second-order valence-electron chi connectivity index (χ2n) is 17.8. The Morgan fingerprint density at radius 2 is 0.946 bits per heavy atom. The SMILES string of the molecule is CCC/C=C/C(O)C(COP(=O)(O)OCC[N+](C)(C)C)NC(=O)CCCCCCCCCCCCCCCCCCCCCCCCCCCCCCCCC. The molecule has 0 aliphatic rings. The van der Waals surface area contributed by atoms with E-state index >= 15 is 0 Å². The first-order valence-electron chi connectivity index (χ1n) is 24.1. The predicted molar refractivity (Wildman–Crippen MR) is 240 cm³/mol. The number of amides is 1. The summed E-state index contributed by atoms with van der Waals surface area (Å²) < 4.78 is 23.2. The van der Waals surface area contributed by atoms with E-state index < -0.39 is 20.0 Å². The van der Waals surface area contributed by atoms with Gasteiger partial charge in [0.2, 0.25) is 5.91 Å². The van der Waals surface area contributed by atoms with Gasteiger partial charge in [-0.2, -0.15) is 0 Å². The number of nitrogens with one attached hydrogen (secondary N) is 1. The molecule has 0 heterocycles. The summed E-state index contributed by atoms with van der Waals surface area (Å²) in [4.78, 5) is 22.8. The van der Waals surface area contributed by atoms with Gasteiger partial charge in [0.25, 0.3) is 0 Å². The second kappa shape index (κ2) is 39.7. The highest BCUT2D eigenvalue weighted by Gasteiger charge is 2.27. The Morgan fingerprint density at radius 3 is 1.29 bits per heavy atom. The molecule has 3 N–H and O–H groups in total. The highest BCUT2D eigenvalue weighted by atomic mass is 31.2. The zero-order valence-corrected chi connectivity index (χ0v) is 38.8. The third-order valence-corrected chi connectivity index (χ3v) is 12.0. The van der Waals surface area contributed by atoms with Gasteiger partial charge in [-0.25, -0.2) is 4.57 Å². The van der Waals surface area contributed by atoms with E-state index in [9.17, 15) is 19.4 Å². The number of unbranched alkanes of at least 4 members (excludes halogenated alkanes) is 31. The maximum absolute atomic E-state index is 12.7. The lowest BCUT2D eigenvalue weighted by atomic mass is 10.0. The summed E-state index contributed by atoms with van der Waals surface area (Å²) in [5.41, 5.74) is 0. The molecule has 0 bridgehead atoms. The molecule has 0 saturated carbocycles. The van der Waals surface area contributed by atoms with Crippen molar-refractivity contribution >= 4 is 13.7 Å². The van der Waals surface area contributed by atoms with Crippen molar-refractivity contribution in [1.82, 2.24) is 5.32 Å². The average molecular weight is 816 g/mol. The lowest BCUT2D eigenvalue weighted by Gasteiger charge is -2.25. The molecule has 0 spiro atoms. The third kappa shape index (κ3) is 41.4. The van der Waals surface area contributed by atoms with Gasteiger partial charge in [0.05, 0.1) is 39.9 Å². The zero-order valence-electron chi connectivity index (χ0n) is 37.9. The molecule has 8 nitrogen and oxygen atoms in total. The Morgan fingerprint density at radius 1 is 0.589 bits per heavy atom. The van der Waals surface area contributed by atoms with E-state index in [1.165, 1.54) is 180 Å². The van der Waals surface area contributed by atoms with Crippen molar-refractivity contribution in [3.8, 4) is 0 Å². The lowest BCUT2D eigenvalue weighted by Crippen LogP contribution is -2.45. The fraction of sp³-hybridized carbons (Fsp3) is 0.936. The van der Waals surface area contributed by atoms with E-state index in [1.54, 1.807) is 6.08 Å². The molecule has 0 fully saturated rings. The number of allylic oxidation sites excluding steroid dienone is 1. The number of nitrogens with zero attached hydrogens (tertiary/aromatic N) is 1. The molecule has 0 rings (SSSR count). The summed E-state index contributed by atoms with van der Waals surface area (Å²) in [6.07, 6.45) is 47.0. The molecule has 9 heteroatoms. The minimum Gasteiger partial charge on any atom is -0.387 e. The number of hydrogen-bond acceptors (Lipinski definition) is 5. The number of rotatable bonds is 44. The third-order valence-electron chi connectivity index (χ3n) is 11.0. The number of phosphoric acid groups is 1. The van der Waals surface area contributed by atoms with Gasteiger partial charge in [-0.1, -0.05) is 225 Å². The summed E-state index contributed by atoms with van der Waals surface area (Å²) in [6.45, 7) is 4.62. The quantitative estimate of drug-likeness (QED) is 0.0245. The van der Waals surface area contributed by atoms with Crippen LogP contribution in [0.15, 0.2) is 12.2 Å². The van der Waals surface area contributed by atoms with Crippen molar-refractivity contribution in [1.29, 1.82) is 0 Å². The van der Waals surface area contributed by atoms with Crippen molar-refractivity contribution in [2.75, 3.05) is 40.9 Å². The molecule has 0 radical (unpaired) electrons. The number of aliphatic hydroxyl groups excluding tert-OH is 1. The van der Waals surface area contributed by atoms with Crippen LogP contribution in [0.3, 0.4) is 0 Å². The van der Waals surface area contributed by atoms with Crippen molar-refractivity contribution in [2.24, 2.45) is 0 Å². The predicted octanol–water partition coefficient (Wildman–Crippen LogP) is 13.5. The number of aliphatic hydroxyl groups is 1. The van der Waals surface area contributed by atoms with E-state index in [-0.39, 0.29) is 19.1 Å². The molecule has 1 amide bonds. The fourth-order valence-corrected chi connectivity index (χ4v) is 7.90. The van der Waals surface area contributed by atoms with Crippen LogP contribution in [0.25, 0.3) is 0 Å². The van der Waals surface area contributed by atoms with Crippen molar-refractivity contribution in [3.63, 3.8) is 0 Å². The maximum atomic E-state index is 12.7. The van der Waals surface area contributed by atoms with Gasteiger partial charge in [-0.15, -0.1) is 0 Å². The zero-order chi connectivity index (χ0) is 41.4. The van der Waals surface area contributed by atoms with Crippen LogP contribution in [0, 0.1) is 0 Å². The van der Waals surface area contributed by atoms with E-state index in [0.29, 0.717) is 17.4 Å². The Balaban J connectivity index is 3.68. The molecule has 334 valence electrons. The van der Waals surface area contributed by atoms with Gasteiger partial charge in [-0.3, -0.25) is 13.8 Å². The smallest absolute Gasteiger partial charge is 0.387 e. The molecule has 0 aromatic carbocycles. The number of quaternary nitrogens is 1. The van der Waals surface area contributed by atoms with Crippen LogP contribution in [0.2, 0.25) is 0 Å². The van der Waals surface area contributed by atoms with Crippen molar-refractivity contribution < 1.29 is 32.9 Å². The number of carbonyl (C=O) groups excluding carboxylic acids is 1. The summed E-state index contributed by atoms with van der Waals surface area (Å²) in [5.74, 6) is -0.185. The van der Waals surface area contributed by atoms with Gasteiger partial charge in [0.1, 0.15) is 13.2 Å². The Bertz CT molecular complexity index is 927. The Labute approximate surface area is 348 Å². The van der Waals surface area contributed by atoms with Crippen LogP contribution in [-0.4, -0.2) is 73.4 Å². The molecule has 0 aromatic heterocycles. The molecule has 3 unspecified atom stereocenters. The molecular formula is C47H96N2O6P+. The van der Waals surface area contributed by atoms with Gasteiger partial charge < -0.3 is 19.8 Å². The van der Waals surface area contributed by atoms with Crippen LogP contribution >= 0.6 is 7.82 Å². The van der Waals surface area contributed by atoms with E-state index in [2.05, 4.69) is 12.2 Å². The van der Waals surface area contributed by atoms with Gasteiger partial charge in [0, 0.05) is 6.42 Å². The average Bonchev–Trinajstić information content (AvgIpc) is 3.15. The van der Waals surface area contributed by atoms with E-state index in [0.717, 1.165) is 32.1 Å². The van der Waals surface area contributed by atoms with E-state index in [4.69, 9.17) is 9.05 Å². The minimum atomic E-state index is -4.31. The van der Waals surface area contributed by atoms with Crippen LogP contribution in [0.4, 0.5) is 0 Å². The van der Waals surface area contributed by atoms with Gasteiger partial charge in [0.15, 0.2) is 0 Å². The second-order valence-corrected chi connectivity index (χ2v) is 19.3. The molecule has 0 aliphatic heterocycles. The minimum absolute atomic E-state index is 0.0625. The fourth-order valence-electron chi connectivity index (χ4n) is 7.17. The summed E-state index contributed by atoms with van der Waals surface area (Å²) in [5, 5.41) is 13.5. The molecule has 56 heavy (non-hydrogen) atoms. The number of likely N-dealkylation sites (N-methyl/N-ethyl adjacent to an activating group) is 1. The first-order valence-corrected chi connectivity index (χ1v) is 25.6. The van der Waals surface area contributed by atoms with Crippen LogP contribution in [0.5, 0.6) is 0 Å². The van der Waals surface area contributed by atoms with Crippen LogP contribution in [0.1, 0.15) is 232 Å². The first kappa shape index (κ1) is 55.2. The highest BCUT2D eigenvalue weighted by molar-refractivity contribution is 7.47. The number of phosphoric ester groups is 1. The summed E-state index contributed by atoms with van der Waals surface area (Å²) >= 11 is 0.